The Hall–Kier alpha value is -4.04. The normalized spacial score (nSPS) is 17.5. The standard InChI is InChI=1S/C26H30N8O3/c1-28-26(35)32-6-3-22-21(16-32)25(30-34(22)19-4-8-36-9-5-19)33-7-10-37-24-12-20(17(13-27)11-23(24)33)18-14-29-31(2)15-18/h11-12,14-15,19H,3-10,16H2,1-2H3,(H,28,35). The van der Waals surface area contributed by atoms with Gasteiger partial charge in [0.1, 0.15) is 12.4 Å². The van der Waals surface area contributed by atoms with Crippen molar-refractivity contribution in [1.82, 2.24) is 29.8 Å². The summed E-state index contributed by atoms with van der Waals surface area (Å²) >= 11 is 0. The van der Waals surface area contributed by atoms with Gasteiger partial charge >= 0.3 is 6.03 Å². The van der Waals surface area contributed by atoms with Crippen LogP contribution in [0.1, 0.15) is 35.7 Å². The number of amides is 2. The Bertz CT molecular complexity index is 1380. The number of hydrogen-bond acceptors (Lipinski definition) is 7. The van der Waals surface area contributed by atoms with E-state index in [0.717, 1.165) is 60.7 Å². The van der Waals surface area contributed by atoms with Gasteiger partial charge in [-0.2, -0.15) is 15.5 Å². The fraction of sp³-hybridized carbons (Fsp3) is 0.462. The summed E-state index contributed by atoms with van der Waals surface area (Å²) < 4.78 is 15.6. The largest absolute Gasteiger partial charge is 0.490 e. The number of aryl methyl sites for hydroxylation is 1. The Labute approximate surface area is 215 Å². The third kappa shape index (κ3) is 4.07. The van der Waals surface area contributed by atoms with Crippen LogP contribution in [0.5, 0.6) is 5.75 Å². The first-order chi connectivity index (χ1) is 18.1. The summed E-state index contributed by atoms with van der Waals surface area (Å²) in [5, 5.41) is 22.2. The lowest BCUT2D eigenvalue weighted by Gasteiger charge is -2.33. The number of anilines is 2. The van der Waals surface area contributed by atoms with Gasteiger partial charge in [-0.1, -0.05) is 0 Å². The van der Waals surface area contributed by atoms with E-state index in [1.807, 2.05) is 30.3 Å². The molecule has 2 amide bonds. The van der Waals surface area contributed by atoms with Crippen LogP contribution in [0, 0.1) is 11.3 Å². The number of nitrogens with zero attached hydrogens (tertiary/aromatic N) is 7. The molecule has 0 spiro atoms. The Kier molecular flexibility index (Phi) is 5.96. The van der Waals surface area contributed by atoms with Gasteiger partial charge < -0.3 is 24.6 Å². The average molecular weight is 503 g/mol. The van der Waals surface area contributed by atoms with Crippen molar-refractivity contribution in [2.75, 3.05) is 44.9 Å². The number of aromatic nitrogens is 4. The van der Waals surface area contributed by atoms with Gasteiger partial charge in [0.15, 0.2) is 5.82 Å². The van der Waals surface area contributed by atoms with E-state index in [9.17, 15) is 10.1 Å². The predicted octanol–water partition coefficient (Wildman–Crippen LogP) is 2.73. The number of nitrogens with one attached hydrogen (secondary N) is 1. The number of rotatable bonds is 3. The minimum absolute atomic E-state index is 0.0920. The van der Waals surface area contributed by atoms with Crippen molar-refractivity contribution in [2.24, 2.45) is 7.05 Å². The molecule has 0 atom stereocenters. The van der Waals surface area contributed by atoms with Crippen LogP contribution in [0.25, 0.3) is 11.1 Å². The molecule has 1 fully saturated rings. The summed E-state index contributed by atoms with van der Waals surface area (Å²) in [5.41, 5.74) is 5.26. The third-order valence-corrected chi connectivity index (χ3v) is 7.46. The van der Waals surface area contributed by atoms with Crippen molar-refractivity contribution in [2.45, 2.75) is 31.8 Å². The number of urea groups is 1. The van der Waals surface area contributed by atoms with Crippen LogP contribution in [0.4, 0.5) is 16.3 Å². The Morgan fingerprint density at radius 1 is 1.22 bits per heavy atom. The summed E-state index contributed by atoms with van der Waals surface area (Å²) in [7, 11) is 3.51. The molecular weight excluding hydrogens is 472 g/mol. The summed E-state index contributed by atoms with van der Waals surface area (Å²) in [5.74, 6) is 1.54. The molecule has 192 valence electrons. The zero-order valence-electron chi connectivity index (χ0n) is 21.1. The van der Waals surface area contributed by atoms with Gasteiger partial charge in [0.05, 0.1) is 42.6 Å². The van der Waals surface area contributed by atoms with Gasteiger partial charge in [-0.3, -0.25) is 9.36 Å². The van der Waals surface area contributed by atoms with Gasteiger partial charge in [0.25, 0.3) is 0 Å². The third-order valence-electron chi connectivity index (χ3n) is 7.46. The van der Waals surface area contributed by atoms with Crippen LogP contribution in [0.3, 0.4) is 0 Å². The van der Waals surface area contributed by atoms with Gasteiger partial charge in [-0.25, -0.2) is 4.79 Å². The summed E-state index contributed by atoms with van der Waals surface area (Å²) in [4.78, 5) is 16.5. The minimum Gasteiger partial charge on any atom is -0.490 e. The van der Waals surface area contributed by atoms with E-state index in [-0.39, 0.29) is 12.1 Å². The first kappa shape index (κ1) is 23.4. The molecule has 3 aliphatic heterocycles. The molecule has 3 aromatic rings. The van der Waals surface area contributed by atoms with E-state index >= 15 is 0 Å². The van der Waals surface area contributed by atoms with Gasteiger partial charge in [-0.15, -0.1) is 0 Å². The molecule has 37 heavy (non-hydrogen) atoms. The molecule has 11 nitrogen and oxygen atoms in total. The van der Waals surface area contributed by atoms with E-state index in [1.54, 1.807) is 17.9 Å². The minimum atomic E-state index is -0.0920. The highest BCUT2D eigenvalue weighted by molar-refractivity contribution is 5.81. The molecule has 2 aromatic heterocycles. The Morgan fingerprint density at radius 2 is 2.05 bits per heavy atom. The fourth-order valence-corrected chi connectivity index (χ4v) is 5.58. The lowest BCUT2D eigenvalue weighted by Crippen LogP contribution is -2.42. The number of carbonyl (C=O) groups is 1. The second-order valence-electron chi connectivity index (χ2n) is 9.64. The molecular formula is C26H30N8O3. The van der Waals surface area contributed by atoms with Crippen LogP contribution >= 0.6 is 0 Å². The zero-order chi connectivity index (χ0) is 25.5. The molecule has 0 saturated carbocycles. The smallest absolute Gasteiger partial charge is 0.317 e. The van der Waals surface area contributed by atoms with Crippen LogP contribution < -0.4 is 15.0 Å². The van der Waals surface area contributed by atoms with E-state index in [4.69, 9.17) is 14.6 Å². The maximum atomic E-state index is 12.5. The first-order valence-corrected chi connectivity index (χ1v) is 12.7. The average Bonchev–Trinajstić information content (AvgIpc) is 3.55. The molecule has 1 saturated heterocycles. The SMILES string of the molecule is CNC(=O)N1CCc2c(c(N3CCOc4cc(-c5cnn(C)c5)c(C#N)cc43)nn2C2CCOCC2)C1. The first-order valence-electron chi connectivity index (χ1n) is 12.7. The Balaban J connectivity index is 1.45. The molecule has 3 aliphatic rings. The van der Waals surface area contributed by atoms with Crippen LogP contribution in [-0.2, 0) is 24.8 Å². The van der Waals surface area contributed by atoms with Crippen LogP contribution in [0.2, 0.25) is 0 Å². The number of carbonyl (C=O) groups excluding carboxylic acids is 1. The monoisotopic (exact) mass is 502 g/mol. The van der Waals surface area contributed by atoms with E-state index < -0.39 is 0 Å². The molecule has 0 radical (unpaired) electrons. The fourth-order valence-electron chi connectivity index (χ4n) is 5.58. The molecule has 0 unspecified atom stereocenters. The maximum absolute atomic E-state index is 12.5. The van der Waals surface area contributed by atoms with E-state index in [0.29, 0.717) is 37.6 Å². The summed E-state index contributed by atoms with van der Waals surface area (Å²) in [6.45, 7) is 3.67. The van der Waals surface area contributed by atoms with Crippen molar-refractivity contribution in [3.05, 3.63) is 41.3 Å². The van der Waals surface area contributed by atoms with Gasteiger partial charge in [0.2, 0.25) is 0 Å². The molecule has 0 aliphatic carbocycles. The zero-order valence-corrected chi connectivity index (χ0v) is 21.1. The second-order valence-corrected chi connectivity index (χ2v) is 9.64. The molecule has 5 heterocycles. The van der Waals surface area contributed by atoms with Crippen molar-refractivity contribution in [1.29, 1.82) is 5.26 Å². The quantitative estimate of drug-likeness (QED) is 0.586. The van der Waals surface area contributed by atoms with Crippen molar-refractivity contribution >= 4 is 17.5 Å². The number of benzene rings is 1. The van der Waals surface area contributed by atoms with Crippen LogP contribution in [0.15, 0.2) is 24.5 Å². The number of nitriles is 1. The van der Waals surface area contributed by atoms with E-state index in [2.05, 4.69) is 26.1 Å². The van der Waals surface area contributed by atoms with E-state index in [1.165, 1.54) is 5.69 Å². The highest BCUT2D eigenvalue weighted by Gasteiger charge is 2.34. The topological polar surface area (TPSA) is 113 Å². The molecule has 11 heteroatoms. The van der Waals surface area contributed by atoms with Crippen molar-refractivity contribution in [3.8, 4) is 22.9 Å². The number of hydrogen-bond donors (Lipinski definition) is 1. The highest BCUT2D eigenvalue weighted by atomic mass is 16.5. The van der Waals surface area contributed by atoms with Crippen LogP contribution in [-0.4, -0.2) is 70.4 Å². The second kappa shape index (κ2) is 9.44. The Morgan fingerprint density at radius 3 is 2.78 bits per heavy atom. The maximum Gasteiger partial charge on any atom is 0.317 e. The van der Waals surface area contributed by atoms with Gasteiger partial charge in [0, 0.05) is 68.9 Å². The molecule has 1 aromatic carbocycles. The highest BCUT2D eigenvalue weighted by Crippen LogP contribution is 2.43. The van der Waals surface area contributed by atoms with Gasteiger partial charge in [-0.05, 0) is 25.0 Å². The summed E-state index contributed by atoms with van der Waals surface area (Å²) in [6, 6.07) is 6.34. The summed E-state index contributed by atoms with van der Waals surface area (Å²) in [6.07, 6.45) is 6.22. The molecule has 6 rings (SSSR count). The number of fused-ring (bicyclic) bond motifs is 2. The molecule has 0 bridgehead atoms. The lowest BCUT2D eigenvalue weighted by molar-refractivity contribution is 0.0651. The predicted molar refractivity (Wildman–Crippen MR) is 136 cm³/mol. The van der Waals surface area contributed by atoms with Crippen molar-refractivity contribution in [3.63, 3.8) is 0 Å². The number of ether oxygens (including phenoxy) is 2. The lowest BCUT2D eigenvalue weighted by atomic mass is 10.00. The molecule has 1 N–H and O–H groups in total. The van der Waals surface area contributed by atoms with Crippen molar-refractivity contribution < 1.29 is 14.3 Å².